The summed E-state index contributed by atoms with van der Waals surface area (Å²) in [5.41, 5.74) is 0.575. The predicted octanol–water partition coefficient (Wildman–Crippen LogP) is 2.30. The van der Waals surface area contributed by atoms with Crippen molar-refractivity contribution in [3.63, 3.8) is 0 Å². The number of piperidine rings is 1. The molecule has 2 heterocycles. The maximum atomic E-state index is 12.7. The molecule has 1 saturated heterocycles. The van der Waals surface area contributed by atoms with Gasteiger partial charge in [0.25, 0.3) is 5.91 Å². The molecule has 138 valence electrons. The molecule has 0 saturated carbocycles. The summed E-state index contributed by atoms with van der Waals surface area (Å²) in [6.45, 7) is 5.33. The van der Waals surface area contributed by atoms with Gasteiger partial charge in [0.05, 0.1) is 11.5 Å². The van der Waals surface area contributed by atoms with Gasteiger partial charge in [0.2, 0.25) is 5.91 Å². The molecule has 0 unspecified atom stereocenters. The van der Waals surface area contributed by atoms with Gasteiger partial charge in [-0.2, -0.15) is 0 Å². The molecule has 1 N–H and O–H groups in total. The minimum Gasteiger partial charge on any atom is -0.363 e. The van der Waals surface area contributed by atoms with Crippen LogP contribution in [0.15, 0.2) is 18.3 Å². The van der Waals surface area contributed by atoms with E-state index in [4.69, 9.17) is 0 Å². The number of anilines is 1. The zero-order valence-corrected chi connectivity index (χ0v) is 15.8. The zero-order valence-electron chi connectivity index (χ0n) is 15.8. The first kappa shape index (κ1) is 19.2. The number of aromatic nitrogens is 1. The predicted molar refractivity (Wildman–Crippen MR) is 99.7 cm³/mol. The van der Waals surface area contributed by atoms with Crippen LogP contribution in [0.1, 0.15) is 49.9 Å². The van der Waals surface area contributed by atoms with Crippen molar-refractivity contribution in [3.05, 3.63) is 23.9 Å². The van der Waals surface area contributed by atoms with Gasteiger partial charge in [-0.05, 0) is 38.3 Å². The van der Waals surface area contributed by atoms with Crippen LogP contribution < -0.4 is 10.2 Å². The van der Waals surface area contributed by atoms with E-state index in [1.165, 1.54) is 0 Å². The van der Waals surface area contributed by atoms with Crippen molar-refractivity contribution >= 4 is 17.6 Å². The zero-order chi connectivity index (χ0) is 18.4. The summed E-state index contributed by atoms with van der Waals surface area (Å²) in [6.07, 6.45) is 5.34. The van der Waals surface area contributed by atoms with Crippen molar-refractivity contribution < 1.29 is 9.59 Å². The van der Waals surface area contributed by atoms with Gasteiger partial charge in [0.15, 0.2) is 0 Å². The fourth-order valence-electron chi connectivity index (χ4n) is 3.20. The van der Waals surface area contributed by atoms with Crippen LogP contribution in [-0.2, 0) is 4.79 Å². The molecule has 2 amide bonds. The van der Waals surface area contributed by atoms with Crippen LogP contribution in [0.5, 0.6) is 0 Å². The average Bonchev–Trinajstić information content (AvgIpc) is 2.61. The number of pyridine rings is 1. The SMILES string of the molecule is CCC[C@H](C)NC(=O)[C@@H]1CCCN(C(=O)c2ccc(N(C)C)nc2)C1. The molecule has 0 radical (unpaired) electrons. The third kappa shape index (κ3) is 5.18. The molecule has 2 rings (SSSR count). The highest BCUT2D eigenvalue weighted by atomic mass is 16.2. The van der Waals surface area contributed by atoms with Gasteiger partial charge in [-0.1, -0.05) is 13.3 Å². The Morgan fingerprint density at radius 2 is 2.16 bits per heavy atom. The second-order valence-corrected chi connectivity index (χ2v) is 7.09. The first-order chi connectivity index (χ1) is 11.9. The van der Waals surface area contributed by atoms with E-state index in [9.17, 15) is 9.59 Å². The average molecular weight is 346 g/mol. The molecule has 0 aromatic carbocycles. The van der Waals surface area contributed by atoms with E-state index >= 15 is 0 Å². The summed E-state index contributed by atoms with van der Waals surface area (Å²) in [6, 6.07) is 3.83. The molecular formula is C19H30N4O2. The van der Waals surface area contributed by atoms with E-state index in [1.807, 2.05) is 32.0 Å². The topological polar surface area (TPSA) is 65.5 Å². The largest absolute Gasteiger partial charge is 0.363 e. The lowest BCUT2D eigenvalue weighted by molar-refractivity contribution is -0.127. The Morgan fingerprint density at radius 1 is 1.40 bits per heavy atom. The molecule has 25 heavy (non-hydrogen) atoms. The number of amides is 2. The van der Waals surface area contributed by atoms with E-state index in [2.05, 4.69) is 17.2 Å². The Kier molecular flexibility index (Phi) is 6.79. The van der Waals surface area contributed by atoms with E-state index in [0.717, 1.165) is 31.5 Å². The summed E-state index contributed by atoms with van der Waals surface area (Å²) in [5, 5.41) is 3.07. The lowest BCUT2D eigenvalue weighted by Crippen LogP contribution is -2.47. The first-order valence-corrected chi connectivity index (χ1v) is 9.15. The molecule has 1 aliphatic heterocycles. The molecule has 0 bridgehead atoms. The molecule has 6 nitrogen and oxygen atoms in total. The van der Waals surface area contributed by atoms with Gasteiger partial charge >= 0.3 is 0 Å². The second kappa shape index (κ2) is 8.83. The number of carbonyl (C=O) groups excluding carboxylic acids is 2. The third-order valence-corrected chi connectivity index (χ3v) is 4.64. The number of hydrogen-bond donors (Lipinski definition) is 1. The molecular weight excluding hydrogens is 316 g/mol. The summed E-state index contributed by atoms with van der Waals surface area (Å²) in [4.78, 5) is 33.1. The first-order valence-electron chi connectivity index (χ1n) is 9.15. The normalized spacial score (nSPS) is 18.6. The number of likely N-dealkylation sites (tertiary alicyclic amines) is 1. The number of carbonyl (C=O) groups is 2. The van der Waals surface area contributed by atoms with Gasteiger partial charge in [0, 0.05) is 39.4 Å². The van der Waals surface area contributed by atoms with Gasteiger partial charge in [-0.15, -0.1) is 0 Å². The van der Waals surface area contributed by atoms with Crippen LogP contribution in [-0.4, -0.2) is 54.9 Å². The molecule has 0 spiro atoms. The maximum Gasteiger partial charge on any atom is 0.255 e. The lowest BCUT2D eigenvalue weighted by atomic mass is 9.96. The highest BCUT2D eigenvalue weighted by Crippen LogP contribution is 2.20. The standard InChI is InChI=1S/C19H30N4O2/c1-5-7-14(2)21-18(24)16-8-6-11-23(13-16)19(25)15-9-10-17(20-12-15)22(3)4/h9-10,12,14,16H,5-8,11,13H2,1-4H3,(H,21,24)/t14-,16+/m0/s1. The summed E-state index contributed by atoms with van der Waals surface area (Å²) in [5.74, 6) is 0.722. The van der Waals surface area contributed by atoms with Crippen molar-refractivity contribution in [1.29, 1.82) is 0 Å². The van der Waals surface area contributed by atoms with Crippen LogP contribution in [0.25, 0.3) is 0 Å². The highest BCUT2D eigenvalue weighted by Gasteiger charge is 2.29. The maximum absolute atomic E-state index is 12.7. The molecule has 1 aromatic heterocycles. The van der Waals surface area contributed by atoms with Crippen LogP contribution in [0.3, 0.4) is 0 Å². The molecule has 1 fully saturated rings. The van der Waals surface area contributed by atoms with Gasteiger partial charge < -0.3 is 15.1 Å². The quantitative estimate of drug-likeness (QED) is 0.858. The minimum atomic E-state index is -0.119. The Morgan fingerprint density at radius 3 is 2.76 bits per heavy atom. The van der Waals surface area contributed by atoms with Crippen molar-refractivity contribution in [2.24, 2.45) is 5.92 Å². The Balaban J connectivity index is 1.97. The second-order valence-electron chi connectivity index (χ2n) is 7.09. The number of hydrogen-bond acceptors (Lipinski definition) is 4. The van der Waals surface area contributed by atoms with Crippen LogP contribution in [0, 0.1) is 5.92 Å². The molecule has 0 aliphatic carbocycles. The minimum absolute atomic E-state index is 0.0445. The van der Waals surface area contributed by atoms with Gasteiger partial charge in [-0.3, -0.25) is 9.59 Å². The molecule has 2 atom stereocenters. The highest BCUT2D eigenvalue weighted by molar-refractivity contribution is 5.94. The lowest BCUT2D eigenvalue weighted by Gasteiger charge is -2.32. The van der Waals surface area contributed by atoms with Gasteiger partial charge in [-0.25, -0.2) is 4.98 Å². The number of rotatable bonds is 6. The van der Waals surface area contributed by atoms with Gasteiger partial charge in [0.1, 0.15) is 5.82 Å². The van der Waals surface area contributed by atoms with Crippen molar-refractivity contribution in [3.8, 4) is 0 Å². The summed E-state index contributed by atoms with van der Waals surface area (Å²) < 4.78 is 0. The summed E-state index contributed by atoms with van der Waals surface area (Å²) in [7, 11) is 3.83. The number of nitrogens with zero attached hydrogens (tertiary/aromatic N) is 3. The molecule has 6 heteroatoms. The molecule has 1 aromatic rings. The van der Waals surface area contributed by atoms with Crippen molar-refractivity contribution in [1.82, 2.24) is 15.2 Å². The third-order valence-electron chi connectivity index (χ3n) is 4.64. The molecule has 1 aliphatic rings. The van der Waals surface area contributed by atoms with Crippen LogP contribution in [0.2, 0.25) is 0 Å². The van der Waals surface area contributed by atoms with E-state index in [-0.39, 0.29) is 23.8 Å². The van der Waals surface area contributed by atoms with Crippen LogP contribution >= 0.6 is 0 Å². The Bertz CT molecular complexity index is 586. The van der Waals surface area contributed by atoms with Crippen molar-refractivity contribution in [2.45, 2.75) is 45.6 Å². The summed E-state index contributed by atoms with van der Waals surface area (Å²) >= 11 is 0. The fraction of sp³-hybridized carbons (Fsp3) is 0.632. The number of nitrogens with one attached hydrogen (secondary N) is 1. The fourth-order valence-corrected chi connectivity index (χ4v) is 3.20. The van der Waals surface area contributed by atoms with E-state index in [1.54, 1.807) is 17.2 Å². The smallest absolute Gasteiger partial charge is 0.255 e. The van der Waals surface area contributed by atoms with E-state index in [0.29, 0.717) is 18.7 Å². The van der Waals surface area contributed by atoms with Crippen molar-refractivity contribution in [2.75, 3.05) is 32.1 Å². The monoisotopic (exact) mass is 346 g/mol. The van der Waals surface area contributed by atoms with E-state index < -0.39 is 0 Å². The van der Waals surface area contributed by atoms with Crippen LogP contribution in [0.4, 0.5) is 5.82 Å². The Hall–Kier alpha value is -2.11. The Labute approximate surface area is 150 Å².